The van der Waals surface area contributed by atoms with Crippen molar-refractivity contribution in [3.63, 3.8) is 0 Å². The second kappa shape index (κ2) is 8.84. The lowest BCUT2D eigenvalue weighted by Crippen LogP contribution is -2.32. The van der Waals surface area contributed by atoms with E-state index in [-0.39, 0.29) is 30.0 Å². The average molecular weight is 358 g/mol. The third-order valence-corrected chi connectivity index (χ3v) is 3.94. The molecule has 0 aromatic heterocycles. The number of carbonyl (C=O) groups excluding carboxylic acids is 1. The number of carbonyl (C=O) groups is 1. The maximum absolute atomic E-state index is 12.2. The lowest BCUT2D eigenvalue weighted by molar-refractivity contribution is -0.385. The van der Waals surface area contributed by atoms with E-state index in [4.69, 9.17) is 9.47 Å². The van der Waals surface area contributed by atoms with E-state index in [2.05, 4.69) is 5.32 Å². The van der Waals surface area contributed by atoms with E-state index >= 15 is 0 Å². The number of hydrogen-bond donors (Lipinski definition) is 1. The van der Waals surface area contributed by atoms with Crippen LogP contribution in [0.3, 0.4) is 0 Å². The van der Waals surface area contributed by atoms with E-state index in [1.54, 1.807) is 0 Å². The highest BCUT2D eigenvalue weighted by molar-refractivity contribution is 5.78. The Morgan fingerprint density at radius 2 is 1.88 bits per heavy atom. The zero-order valence-electron chi connectivity index (χ0n) is 15.0. The average Bonchev–Trinajstić information content (AvgIpc) is 2.64. The predicted octanol–water partition coefficient (Wildman–Crippen LogP) is 3.56. The molecule has 0 fully saturated rings. The van der Waals surface area contributed by atoms with Gasteiger partial charge in [0.15, 0.2) is 18.1 Å². The molecule has 1 atom stereocenters. The van der Waals surface area contributed by atoms with Crippen LogP contribution in [0.5, 0.6) is 11.5 Å². The lowest BCUT2D eigenvalue weighted by Gasteiger charge is -2.18. The number of nitro groups is 1. The highest BCUT2D eigenvalue weighted by Crippen LogP contribution is 2.31. The molecule has 0 bridgehead atoms. The minimum atomic E-state index is -0.531. The van der Waals surface area contributed by atoms with Gasteiger partial charge in [-0.25, -0.2) is 0 Å². The van der Waals surface area contributed by atoms with Crippen molar-refractivity contribution < 1.29 is 19.2 Å². The van der Waals surface area contributed by atoms with E-state index in [9.17, 15) is 14.9 Å². The molecule has 0 aliphatic carbocycles. The van der Waals surface area contributed by atoms with Gasteiger partial charge < -0.3 is 14.8 Å². The number of amides is 1. The van der Waals surface area contributed by atoms with Gasteiger partial charge in [0.1, 0.15) is 0 Å². The number of non-ortho nitro benzene ring substituents is 1. The fourth-order valence-electron chi connectivity index (χ4n) is 2.49. The minimum absolute atomic E-state index is 0.126. The van der Waals surface area contributed by atoms with Gasteiger partial charge in [-0.3, -0.25) is 14.9 Å². The molecular weight excluding hydrogens is 336 g/mol. The Morgan fingerprint density at radius 3 is 2.46 bits per heavy atom. The molecule has 1 amide bonds. The summed E-state index contributed by atoms with van der Waals surface area (Å²) in [7, 11) is 1.43. The molecule has 0 aliphatic rings. The summed E-state index contributed by atoms with van der Waals surface area (Å²) in [5.74, 6) is 0.167. The summed E-state index contributed by atoms with van der Waals surface area (Å²) >= 11 is 0. The molecule has 7 nitrogen and oxygen atoms in total. The maximum atomic E-state index is 12.2. The summed E-state index contributed by atoms with van der Waals surface area (Å²) in [6.07, 6.45) is 0.731. The van der Waals surface area contributed by atoms with E-state index in [0.29, 0.717) is 5.75 Å². The Hall–Kier alpha value is -3.09. The first-order valence-electron chi connectivity index (χ1n) is 8.25. The van der Waals surface area contributed by atoms with E-state index in [1.807, 2.05) is 38.1 Å². The van der Waals surface area contributed by atoms with Crippen LogP contribution in [0, 0.1) is 17.0 Å². The molecule has 0 radical (unpaired) electrons. The number of rotatable bonds is 8. The van der Waals surface area contributed by atoms with Gasteiger partial charge in [0.2, 0.25) is 0 Å². The number of aryl methyl sites for hydroxylation is 1. The van der Waals surface area contributed by atoms with Gasteiger partial charge in [0.25, 0.3) is 11.6 Å². The summed E-state index contributed by atoms with van der Waals surface area (Å²) in [6.45, 7) is 3.72. The van der Waals surface area contributed by atoms with Crippen molar-refractivity contribution in [1.29, 1.82) is 0 Å². The third kappa shape index (κ3) is 4.95. The first-order chi connectivity index (χ1) is 12.4. The molecule has 2 rings (SSSR count). The second-order valence-electron chi connectivity index (χ2n) is 5.82. The topological polar surface area (TPSA) is 90.7 Å². The van der Waals surface area contributed by atoms with Crippen molar-refractivity contribution in [3.8, 4) is 11.5 Å². The number of benzene rings is 2. The van der Waals surface area contributed by atoms with Crippen molar-refractivity contribution in [2.75, 3.05) is 13.7 Å². The first kappa shape index (κ1) is 19.2. The number of ether oxygens (including phenoxy) is 2. The quantitative estimate of drug-likeness (QED) is 0.575. The Balaban J connectivity index is 2.02. The number of nitro benzene ring substituents is 1. The molecule has 2 aromatic rings. The van der Waals surface area contributed by atoms with Crippen LogP contribution in [0.2, 0.25) is 0 Å². The highest BCUT2D eigenvalue weighted by atomic mass is 16.6. The summed E-state index contributed by atoms with van der Waals surface area (Å²) in [6, 6.07) is 11.8. The second-order valence-corrected chi connectivity index (χ2v) is 5.82. The Bertz CT molecular complexity index is 774. The fourth-order valence-corrected chi connectivity index (χ4v) is 2.49. The molecule has 0 unspecified atom stereocenters. The van der Waals surface area contributed by atoms with Crippen molar-refractivity contribution in [3.05, 3.63) is 63.7 Å². The third-order valence-electron chi connectivity index (χ3n) is 3.94. The van der Waals surface area contributed by atoms with Crippen LogP contribution in [0.15, 0.2) is 42.5 Å². The minimum Gasteiger partial charge on any atom is -0.493 e. The lowest BCUT2D eigenvalue weighted by atomic mass is 10.0. The van der Waals surface area contributed by atoms with Crippen LogP contribution in [-0.2, 0) is 4.79 Å². The first-order valence-corrected chi connectivity index (χ1v) is 8.25. The van der Waals surface area contributed by atoms with Gasteiger partial charge >= 0.3 is 0 Å². The summed E-state index contributed by atoms with van der Waals surface area (Å²) in [4.78, 5) is 22.6. The smallest absolute Gasteiger partial charge is 0.273 e. The summed E-state index contributed by atoms with van der Waals surface area (Å²) in [5.41, 5.74) is 2.03. The molecule has 0 saturated heterocycles. The molecule has 0 saturated carbocycles. The van der Waals surface area contributed by atoms with Gasteiger partial charge in [0.05, 0.1) is 24.1 Å². The number of nitrogens with zero attached hydrogens (tertiary/aromatic N) is 1. The number of hydrogen-bond acceptors (Lipinski definition) is 5. The Kier molecular flexibility index (Phi) is 6.54. The van der Waals surface area contributed by atoms with E-state index in [0.717, 1.165) is 17.5 Å². The Labute approximate surface area is 152 Å². The fraction of sp³-hybridized carbons (Fsp3) is 0.316. The van der Waals surface area contributed by atoms with Crippen LogP contribution in [0.4, 0.5) is 5.69 Å². The summed E-state index contributed by atoms with van der Waals surface area (Å²) < 4.78 is 10.6. The van der Waals surface area contributed by atoms with Crippen LogP contribution in [0.25, 0.3) is 0 Å². The molecule has 0 spiro atoms. The zero-order valence-corrected chi connectivity index (χ0v) is 15.0. The van der Waals surface area contributed by atoms with Crippen molar-refractivity contribution in [2.24, 2.45) is 0 Å². The molecule has 7 heteroatoms. The molecule has 0 aliphatic heterocycles. The molecule has 138 valence electrons. The molecule has 26 heavy (non-hydrogen) atoms. The molecule has 2 aromatic carbocycles. The normalized spacial score (nSPS) is 11.5. The standard InChI is InChI=1S/C19H22N2O5/c1-4-16(14-7-5-13(2)6-8-14)20-19(22)12-26-18-11-15(21(23)24)9-10-17(18)25-3/h5-11,16H,4,12H2,1-3H3,(H,20,22)/t16-/m0/s1. The van der Waals surface area contributed by atoms with Crippen LogP contribution in [-0.4, -0.2) is 24.5 Å². The van der Waals surface area contributed by atoms with Crippen LogP contribution in [0.1, 0.15) is 30.5 Å². The van der Waals surface area contributed by atoms with Crippen LogP contribution < -0.4 is 14.8 Å². The number of methoxy groups -OCH3 is 1. The SMILES string of the molecule is CC[C@H](NC(=O)COc1cc([N+](=O)[O-])ccc1OC)c1ccc(C)cc1. The number of nitrogens with one attached hydrogen (secondary N) is 1. The van der Waals surface area contributed by atoms with Gasteiger partial charge in [-0.15, -0.1) is 0 Å². The van der Waals surface area contributed by atoms with E-state index in [1.165, 1.54) is 25.3 Å². The molecule has 0 heterocycles. The van der Waals surface area contributed by atoms with Crippen molar-refractivity contribution in [1.82, 2.24) is 5.32 Å². The predicted molar refractivity (Wildman–Crippen MR) is 97.5 cm³/mol. The molecular formula is C19H22N2O5. The van der Waals surface area contributed by atoms with Crippen LogP contribution >= 0.6 is 0 Å². The molecule has 1 N–H and O–H groups in total. The summed E-state index contributed by atoms with van der Waals surface area (Å²) in [5, 5.41) is 13.8. The van der Waals surface area contributed by atoms with Gasteiger partial charge in [-0.05, 0) is 25.0 Å². The Morgan fingerprint density at radius 1 is 1.19 bits per heavy atom. The van der Waals surface area contributed by atoms with Crippen molar-refractivity contribution >= 4 is 11.6 Å². The largest absolute Gasteiger partial charge is 0.493 e. The monoisotopic (exact) mass is 358 g/mol. The van der Waals surface area contributed by atoms with E-state index < -0.39 is 4.92 Å². The highest BCUT2D eigenvalue weighted by Gasteiger charge is 2.16. The maximum Gasteiger partial charge on any atom is 0.273 e. The van der Waals surface area contributed by atoms with Gasteiger partial charge in [-0.1, -0.05) is 36.8 Å². The van der Waals surface area contributed by atoms with Gasteiger partial charge in [-0.2, -0.15) is 0 Å². The van der Waals surface area contributed by atoms with Crippen molar-refractivity contribution in [2.45, 2.75) is 26.3 Å². The zero-order chi connectivity index (χ0) is 19.1. The van der Waals surface area contributed by atoms with Gasteiger partial charge in [0, 0.05) is 6.07 Å².